The molecule has 0 bridgehead atoms. The summed E-state index contributed by atoms with van der Waals surface area (Å²) < 4.78 is 0. The fourth-order valence-corrected chi connectivity index (χ4v) is 2.11. The van der Waals surface area contributed by atoms with Gasteiger partial charge in [-0.1, -0.05) is 29.8 Å². The molecule has 17 heavy (non-hydrogen) atoms. The lowest BCUT2D eigenvalue weighted by molar-refractivity contribution is 1.33. The molecule has 84 valence electrons. The Kier molecular flexibility index (Phi) is 2.11. The predicted molar refractivity (Wildman–Crippen MR) is 70.7 cm³/mol. The molecule has 0 saturated heterocycles. The first-order valence-corrected chi connectivity index (χ1v) is 5.55. The Morgan fingerprint density at radius 3 is 2.88 bits per heavy atom. The van der Waals surface area contributed by atoms with E-state index < -0.39 is 0 Å². The fraction of sp³-hybridized carbons (Fsp3) is 0.0714. The average molecular weight is 223 g/mol. The number of benzene rings is 1. The molecule has 0 unspecified atom stereocenters. The number of nitrogens with zero attached hydrogens (tertiary/aromatic N) is 1. The van der Waals surface area contributed by atoms with Crippen LogP contribution >= 0.6 is 0 Å². The van der Waals surface area contributed by atoms with E-state index in [1.807, 2.05) is 18.3 Å². The van der Waals surface area contributed by atoms with Crippen molar-refractivity contribution in [1.82, 2.24) is 9.97 Å². The number of H-pyrrole nitrogens is 1. The van der Waals surface area contributed by atoms with Gasteiger partial charge in [0, 0.05) is 11.6 Å². The Bertz CT molecular complexity index is 683. The number of nitrogen functional groups attached to an aromatic ring is 1. The number of aromatic nitrogens is 2. The molecule has 3 rings (SSSR count). The van der Waals surface area contributed by atoms with Crippen molar-refractivity contribution in [2.24, 2.45) is 0 Å². The van der Waals surface area contributed by atoms with Gasteiger partial charge in [-0.25, -0.2) is 4.98 Å². The van der Waals surface area contributed by atoms with Crippen molar-refractivity contribution in [3.63, 3.8) is 0 Å². The molecule has 0 radical (unpaired) electrons. The van der Waals surface area contributed by atoms with Gasteiger partial charge in [-0.2, -0.15) is 0 Å². The van der Waals surface area contributed by atoms with Gasteiger partial charge in [0.25, 0.3) is 0 Å². The van der Waals surface area contributed by atoms with Gasteiger partial charge >= 0.3 is 0 Å². The van der Waals surface area contributed by atoms with Crippen LogP contribution in [0.4, 0.5) is 5.82 Å². The van der Waals surface area contributed by atoms with E-state index in [1.54, 1.807) is 0 Å². The van der Waals surface area contributed by atoms with Gasteiger partial charge in [-0.15, -0.1) is 0 Å². The molecule has 3 aromatic rings. The number of nitrogens with two attached hydrogens (primary N) is 1. The van der Waals surface area contributed by atoms with Crippen LogP contribution < -0.4 is 5.73 Å². The molecule has 1 aromatic carbocycles. The summed E-state index contributed by atoms with van der Waals surface area (Å²) in [5, 5.41) is 1.10. The molecule has 0 saturated carbocycles. The summed E-state index contributed by atoms with van der Waals surface area (Å²) in [6.07, 6.45) is 1.89. The summed E-state index contributed by atoms with van der Waals surface area (Å²) in [4.78, 5) is 7.36. The third-order valence-corrected chi connectivity index (χ3v) is 2.88. The predicted octanol–water partition coefficient (Wildman–Crippen LogP) is 3.12. The summed E-state index contributed by atoms with van der Waals surface area (Å²) >= 11 is 0. The molecular weight excluding hydrogens is 210 g/mol. The largest absolute Gasteiger partial charge is 0.384 e. The normalized spacial score (nSPS) is 10.9. The number of pyridine rings is 1. The molecule has 0 fully saturated rings. The summed E-state index contributed by atoms with van der Waals surface area (Å²) in [7, 11) is 0. The lowest BCUT2D eigenvalue weighted by atomic mass is 10.0. The van der Waals surface area contributed by atoms with E-state index in [1.165, 1.54) is 11.1 Å². The van der Waals surface area contributed by atoms with Gasteiger partial charge < -0.3 is 10.7 Å². The van der Waals surface area contributed by atoms with Crippen molar-refractivity contribution in [3.05, 3.63) is 48.2 Å². The Morgan fingerprint density at radius 1 is 1.18 bits per heavy atom. The van der Waals surface area contributed by atoms with Crippen LogP contribution in [0.5, 0.6) is 0 Å². The van der Waals surface area contributed by atoms with Gasteiger partial charge in [0.05, 0.1) is 0 Å². The quantitative estimate of drug-likeness (QED) is 0.666. The zero-order valence-electron chi connectivity index (χ0n) is 9.57. The molecule has 3 heteroatoms. The number of fused-ring (bicyclic) bond motifs is 1. The molecule has 0 aliphatic heterocycles. The Labute approximate surface area is 99.3 Å². The van der Waals surface area contributed by atoms with Gasteiger partial charge in [0.1, 0.15) is 11.5 Å². The van der Waals surface area contributed by atoms with Crippen molar-refractivity contribution in [2.45, 2.75) is 6.92 Å². The van der Waals surface area contributed by atoms with Crippen LogP contribution in [0.3, 0.4) is 0 Å². The third-order valence-electron chi connectivity index (χ3n) is 2.88. The van der Waals surface area contributed by atoms with E-state index in [9.17, 15) is 0 Å². The van der Waals surface area contributed by atoms with Crippen LogP contribution in [0.25, 0.3) is 22.2 Å². The van der Waals surface area contributed by atoms with Crippen LogP contribution in [0.2, 0.25) is 0 Å². The van der Waals surface area contributed by atoms with E-state index in [4.69, 9.17) is 5.73 Å². The maximum atomic E-state index is 5.83. The molecule has 2 aromatic heterocycles. The molecular formula is C14H13N3. The lowest BCUT2D eigenvalue weighted by Crippen LogP contribution is -1.92. The minimum Gasteiger partial charge on any atom is -0.384 e. The number of rotatable bonds is 1. The van der Waals surface area contributed by atoms with E-state index in [0.717, 1.165) is 16.6 Å². The highest BCUT2D eigenvalue weighted by Gasteiger charge is 2.07. The zero-order chi connectivity index (χ0) is 11.8. The van der Waals surface area contributed by atoms with Gasteiger partial charge in [0.15, 0.2) is 0 Å². The van der Waals surface area contributed by atoms with E-state index in [2.05, 4.69) is 41.2 Å². The van der Waals surface area contributed by atoms with E-state index in [-0.39, 0.29) is 0 Å². The van der Waals surface area contributed by atoms with Crippen LogP contribution in [0.1, 0.15) is 5.56 Å². The second-order valence-electron chi connectivity index (χ2n) is 4.20. The van der Waals surface area contributed by atoms with E-state index in [0.29, 0.717) is 5.82 Å². The molecule has 3 N–H and O–H groups in total. The lowest BCUT2D eigenvalue weighted by Gasteiger charge is -2.05. The second-order valence-corrected chi connectivity index (χ2v) is 4.20. The van der Waals surface area contributed by atoms with Gasteiger partial charge in [0.2, 0.25) is 0 Å². The minimum atomic E-state index is 0.538. The summed E-state index contributed by atoms with van der Waals surface area (Å²) in [5.74, 6) is 0.538. The number of aryl methyl sites for hydroxylation is 1. The maximum absolute atomic E-state index is 5.83. The Hall–Kier alpha value is -2.29. The monoisotopic (exact) mass is 223 g/mol. The first-order chi connectivity index (χ1) is 8.24. The Morgan fingerprint density at radius 2 is 2.06 bits per heavy atom. The summed E-state index contributed by atoms with van der Waals surface area (Å²) in [6.45, 7) is 2.09. The van der Waals surface area contributed by atoms with Crippen molar-refractivity contribution in [2.75, 3.05) is 5.73 Å². The molecule has 0 atom stereocenters. The topological polar surface area (TPSA) is 54.7 Å². The number of hydrogen-bond donors (Lipinski definition) is 2. The summed E-state index contributed by atoms with van der Waals surface area (Å²) in [5.41, 5.74) is 10.2. The minimum absolute atomic E-state index is 0.538. The van der Waals surface area contributed by atoms with Gasteiger partial charge in [-0.05, 0) is 30.2 Å². The molecule has 0 amide bonds. The number of anilines is 1. The number of hydrogen-bond acceptors (Lipinski definition) is 2. The first-order valence-electron chi connectivity index (χ1n) is 5.55. The van der Waals surface area contributed by atoms with Crippen molar-refractivity contribution in [1.29, 1.82) is 0 Å². The molecule has 3 nitrogen and oxygen atoms in total. The van der Waals surface area contributed by atoms with E-state index >= 15 is 0 Å². The first kappa shape index (κ1) is 9.90. The van der Waals surface area contributed by atoms with Crippen LogP contribution in [0.15, 0.2) is 42.6 Å². The van der Waals surface area contributed by atoms with Crippen LogP contribution in [-0.2, 0) is 0 Å². The SMILES string of the molecule is Cc1cccc(-c2cc(N)nc3[nH]ccc23)c1. The van der Waals surface area contributed by atoms with Crippen molar-refractivity contribution < 1.29 is 0 Å². The fourth-order valence-electron chi connectivity index (χ4n) is 2.11. The third kappa shape index (κ3) is 1.65. The average Bonchev–Trinajstić information content (AvgIpc) is 2.75. The number of aromatic amines is 1. The highest BCUT2D eigenvalue weighted by Crippen LogP contribution is 2.29. The highest BCUT2D eigenvalue weighted by molar-refractivity contribution is 5.94. The molecule has 0 aliphatic rings. The zero-order valence-corrected chi connectivity index (χ0v) is 9.57. The highest BCUT2D eigenvalue weighted by atomic mass is 14.9. The van der Waals surface area contributed by atoms with Crippen molar-refractivity contribution >= 4 is 16.9 Å². The molecule has 0 spiro atoms. The maximum Gasteiger partial charge on any atom is 0.140 e. The van der Waals surface area contributed by atoms with Crippen molar-refractivity contribution in [3.8, 4) is 11.1 Å². The second kappa shape index (κ2) is 3.63. The van der Waals surface area contributed by atoms with Gasteiger partial charge in [-0.3, -0.25) is 0 Å². The number of nitrogens with one attached hydrogen (secondary N) is 1. The Balaban J connectivity index is 2.32. The molecule has 0 aliphatic carbocycles. The smallest absolute Gasteiger partial charge is 0.140 e. The summed E-state index contributed by atoms with van der Waals surface area (Å²) in [6, 6.07) is 12.3. The standard InChI is InChI=1S/C14H13N3/c1-9-3-2-4-10(7-9)12-8-13(15)17-14-11(12)5-6-16-14/h2-8H,1H3,(H3,15,16,17). The van der Waals surface area contributed by atoms with Crippen LogP contribution in [0, 0.1) is 6.92 Å². The van der Waals surface area contributed by atoms with Crippen LogP contribution in [-0.4, -0.2) is 9.97 Å². The molecule has 2 heterocycles.